The predicted molar refractivity (Wildman–Crippen MR) is 133 cm³/mol. The van der Waals surface area contributed by atoms with Crippen molar-refractivity contribution < 1.29 is 32.3 Å². The summed E-state index contributed by atoms with van der Waals surface area (Å²) in [5, 5.41) is 3.43. The van der Waals surface area contributed by atoms with Crippen molar-refractivity contribution in [1.82, 2.24) is 15.1 Å². The number of ether oxygens (including phenoxy) is 1. The predicted octanol–water partition coefficient (Wildman–Crippen LogP) is 5.22. The summed E-state index contributed by atoms with van der Waals surface area (Å²) in [6.07, 6.45) is -2.87. The minimum atomic E-state index is -4.84. The molecule has 2 atom stereocenters. The van der Waals surface area contributed by atoms with Crippen molar-refractivity contribution in [2.24, 2.45) is 0 Å². The van der Waals surface area contributed by atoms with E-state index in [4.69, 9.17) is 23.2 Å². The van der Waals surface area contributed by atoms with E-state index in [2.05, 4.69) is 10.1 Å². The number of amides is 5. The minimum absolute atomic E-state index is 0.0186. The number of nitrogens with zero attached hydrogens (tertiary/aromatic N) is 3. The van der Waals surface area contributed by atoms with Gasteiger partial charge in [0.05, 0.1) is 11.7 Å². The monoisotopic (exact) mass is 570 g/mol. The van der Waals surface area contributed by atoms with Crippen LogP contribution in [0.15, 0.2) is 42.5 Å². The SMILES string of the molecule is O=C(N[C@@H]1CN2C(=O)N(c3cc(Cl)cc(Cl)c3)C(=O)[C@@]2(Cc2ccc(OC(F)(F)F)cc2)C1)N1CCCC1. The Balaban J connectivity index is 1.45. The lowest BCUT2D eigenvalue weighted by atomic mass is 9.87. The van der Waals surface area contributed by atoms with E-state index in [-0.39, 0.29) is 41.2 Å². The normalized spacial score (nSPS) is 23.3. The lowest BCUT2D eigenvalue weighted by molar-refractivity contribution is -0.274. The fourth-order valence-electron chi connectivity index (χ4n) is 5.43. The van der Waals surface area contributed by atoms with Crippen molar-refractivity contribution >= 4 is 46.9 Å². The molecule has 5 rings (SSSR count). The first-order valence-corrected chi connectivity index (χ1v) is 12.7. The first-order valence-electron chi connectivity index (χ1n) is 12.0. The van der Waals surface area contributed by atoms with Crippen LogP contribution in [0.1, 0.15) is 24.8 Å². The number of benzene rings is 2. The van der Waals surface area contributed by atoms with Crippen LogP contribution < -0.4 is 15.0 Å². The zero-order valence-electron chi connectivity index (χ0n) is 19.9. The summed E-state index contributed by atoms with van der Waals surface area (Å²) < 4.78 is 41.7. The summed E-state index contributed by atoms with van der Waals surface area (Å²) >= 11 is 12.2. The van der Waals surface area contributed by atoms with Crippen molar-refractivity contribution in [1.29, 1.82) is 0 Å². The molecular formula is C25H23Cl2F3N4O4. The molecule has 0 saturated carbocycles. The molecule has 1 N–H and O–H groups in total. The first kappa shape index (κ1) is 26.4. The molecule has 3 saturated heterocycles. The molecule has 202 valence electrons. The number of likely N-dealkylation sites (tertiary alicyclic amines) is 1. The summed E-state index contributed by atoms with van der Waals surface area (Å²) in [5.74, 6) is -0.934. The maximum absolute atomic E-state index is 14.0. The zero-order chi connectivity index (χ0) is 27.2. The van der Waals surface area contributed by atoms with Crippen molar-refractivity contribution in [3.63, 3.8) is 0 Å². The number of halogens is 5. The Kier molecular flexibility index (Phi) is 6.85. The number of alkyl halides is 3. The molecule has 3 fully saturated rings. The Hall–Kier alpha value is -3.18. The van der Waals surface area contributed by atoms with Gasteiger partial charge < -0.3 is 19.9 Å². The van der Waals surface area contributed by atoms with E-state index in [0.29, 0.717) is 18.7 Å². The quantitative estimate of drug-likeness (QED) is 0.500. The summed E-state index contributed by atoms with van der Waals surface area (Å²) in [7, 11) is 0. The molecule has 13 heteroatoms. The number of imide groups is 1. The Morgan fingerprint density at radius 2 is 1.68 bits per heavy atom. The number of hydrogen-bond acceptors (Lipinski definition) is 4. The van der Waals surface area contributed by atoms with Gasteiger partial charge in [0, 0.05) is 42.5 Å². The van der Waals surface area contributed by atoms with Crippen LogP contribution in [0.2, 0.25) is 10.0 Å². The molecule has 8 nitrogen and oxygen atoms in total. The number of hydrogen-bond donors (Lipinski definition) is 1. The van der Waals surface area contributed by atoms with Crippen LogP contribution in [-0.4, -0.2) is 65.3 Å². The van der Waals surface area contributed by atoms with Crippen LogP contribution in [-0.2, 0) is 11.2 Å². The number of carbonyl (C=O) groups is 3. The van der Waals surface area contributed by atoms with E-state index in [1.54, 1.807) is 4.90 Å². The largest absolute Gasteiger partial charge is 0.573 e. The van der Waals surface area contributed by atoms with Crippen LogP contribution in [0.3, 0.4) is 0 Å². The van der Waals surface area contributed by atoms with Gasteiger partial charge >= 0.3 is 18.4 Å². The molecule has 0 bridgehead atoms. The topological polar surface area (TPSA) is 82.2 Å². The molecule has 5 amide bonds. The first-order chi connectivity index (χ1) is 17.9. The molecule has 2 aromatic rings. The Morgan fingerprint density at radius 3 is 2.29 bits per heavy atom. The van der Waals surface area contributed by atoms with Gasteiger partial charge in [-0.3, -0.25) is 4.79 Å². The average molecular weight is 571 g/mol. The highest BCUT2D eigenvalue weighted by Crippen LogP contribution is 2.43. The van der Waals surface area contributed by atoms with Crippen molar-refractivity contribution in [2.45, 2.75) is 43.6 Å². The van der Waals surface area contributed by atoms with E-state index in [9.17, 15) is 27.6 Å². The molecule has 0 spiro atoms. The third-order valence-corrected chi connectivity index (χ3v) is 7.44. The van der Waals surface area contributed by atoms with Crippen LogP contribution in [0.5, 0.6) is 5.75 Å². The zero-order valence-corrected chi connectivity index (χ0v) is 21.4. The molecule has 3 heterocycles. The molecule has 0 aromatic heterocycles. The second-order valence-corrected chi connectivity index (χ2v) is 10.5. The lowest BCUT2D eigenvalue weighted by Crippen LogP contribution is -2.48. The molecule has 3 aliphatic rings. The third-order valence-electron chi connectivity index (χ3n) is 7.01. The van der Waals surface area contributed by atoms with E-state index >= 15 is 0 Å². The van der Waals surface area contributed by atoms with E-state index in [1.165, 1.54) is 35.2 Å². The van der Waals surface area contributed by atoms with Crippen LogP contribution in [0.4, 0.5) is 28.4 Å². The van der Waals surface area contributed by atoms with Crippen LogP contribution >= 0.6 is 23.2 Å². The van der Waals surface area contributed by atoms with Crippen molar-refractivity contribution in [3.05, 3.63) is 58.1 Å². The number of carbonyl (C=O) groups excluding carboxylic acids is 3. The summed E-state index contributed by atoms with van der Waals surface area (Å²) in [5.41, 5.74) is -0.651. The maximum atomic E-state index is 14.0. The number of nitrogens with one attached hydrogen (secondary N) is 1. The third kappa shape index (κ3) is 5.09. The Morgan fingerprint density at radius 1 is 1.05 bits per heavy atom. The second kappa shape index (κ2) is 9.85. The number of anilines is 1. The van der Waals surface area contributed by atoms with Gasteiger partial charge in [0.25, 0.3) is 5.91 Å². The summed E-state index contributed by atoms with van der Waals surface area (Å²) in [4.78, 5) is 44.4. The molecule has 38 heavy (non-hydrogen) atoms. The van der Waals surface area contributed by atoms with Gasteiger partial charge in [-0.15, -0.1) is 13.2 Å². The van der Waals surface area contributed by atoms with Gasteiger partial charge in [-0.1, -0.05) is 35.3 Å². The van der Waals surface area contributed by atoms with E-state index in [0.717, 1.165) is 29.9 Å². The number of rotatable bonds is 5. The maximum Gasteiger partial charge on any atom is 0.573 e. The molecule has 0 radical (unpaired) electrons. The molecule has 0 aliphatic carbocycles. The summed E-state index contributed by atoms with van der Waals surface area (Å²) in [6, 6.07) is 8.18. The lowest BCUT2D eigenvalue weighted by Gasteiger charge is -2.28. The molecule has 2 aromatic carbocycles. The standard InChI is InChI=1S/C25H23Cl2F3N4O4/c26-16-9-17(27)11-19(10-16)34-21(35)24(12-15-3-5-20(6-4-15)38-25(28,29)30)13-18(14-33(24)23(34)37)31-22(36)32-7-1-2-8-32/h3-6,9-11,18H,1-2,7-8,12-14H2,(H,31,36)/t18-,24+/m0/s1. The average Bonchev–Trinajstić information content (AvgIpc) is 3.51. The van der Waals surface area contributed by atoms with Gasteiger partial charge in [-0.25, -0.2) is 14.5 Å². The van der Waals surface area contributed by atoms with Gasteiger partial charge in [0.1, 0.15) is 11.3 Å². The van der Waals surface area contributed by atoms with Crippen LogP contribution in [0, 0.1) is 0 Å². The number of fused-ring (bicyclic) bond motifs is 1. The van der Waals surface area contributed by atoms with Gasteiger partial charge in [-0.2, -0.15) is 0 Å². The Labute approximate surface area is 226 Å². The van der Waals surface area contributed by atoms with E-state index in [1.807, 2.05) is 0 Å². The molecule has 0 unspecified atom stereocenters. The highest BCUT2D eigenvalue weighted by atomic mass is 35.5. The fourth-order valence-corrected chi connectivity index (χ4v) is 5.94. The highest BCUT2D eigenvalue weighted by molar-refractivity contribution is 6.35. The highest BCUT2D eigenvalue weighted by Gasteiger charge is 2.62. The second-order valence-electron chi connectivity index (χ2n) is 9.61. The smallest absolute Gasteiger partial charge is 0.406 e. The molecular weight excluding hydrogens is 548 g/mol. The number of urea groups is 2. The summed E-state index contributed by atoms with van der Waals surface area (Å²) in [6.45, 7) is 1.37. The van der Waals surface area contributed by atoms with Crippen molar-refractivity contribution in [3.8, 4) is 5.75 Å². The Bertz CT molecular complexity index is 1250. The van der Waals surface area contributed by atoms with Crippen LogP contribution in [0.25, 0.3) is 0 Å². The van der Waals surface area contributed by atoms with Gasteiger partial charge in [0.15, 0.2) is 0 Å². The van der Waals surface area contributed by atoms with Gasteiger partial charge in [-0.05, 0) is 48.7 Å². The molecule has 3 aliphatic heterocycles. The fraction of sp³-hybridized carbons (Fsp3) is 0.400. The van der Waals surface area contributed by atoms with Crippen molar-refractivity contribution in [2.75, 3.05) is 24.5 Å². The van der Waals surface area contributed by atoms with E-state index < -0.39 is 35.6 Å². The van der Waals surface area contributed by atoms with Gasteiger partial charge in [0.2, 0.25) is 0 Å². The minimum Gasteiger partial charge on any atom is -0.406 e.